The van der Waals surface area contributed by atoms with Crippen molar-refractivity contribution in [3.05, 3.63) is 35.9 Å². The van der Waals surface area contributed by atoms with Crippen LogP contribution in [0.4, 0.5) is 0 Å². The summed E-state index contributed by atoms with van der Waals surface area (Å²) in [5, 5.41) is 0.597. The van der Waals surface area contributed by atoms with Crippen LogP contribution in [0.2, 0.25) is 0 Å². The predicted molar refractivity (Wildman–Crippen MR) is 71.2 cm³/mol. The number of carbonyl (C=O) groups is 3. The fraction of sp³-hybridized carbons (Fsp3) is 0.400. The molecule has 1 aromatic carbocycles. The molecule has 0 bridgehead atoms. The first-order valence-corrected chi connectivity index (χ1v) is 6.77. The summed E-state index contributed by atoms with van der Waals surface area (Å²) in [4.78, 5) is 38.8. The number of nitrogens with zero attached hydrogens (tertiary/aromatic N) is 1. The van der Waals surface area contributed by atoms with Gasteiger partial charge in [-0.15, -0.1) is 5.06 Å². The summed E-state index contributed by atoms with van der Waals surface area (Å²) in [7, 11) is 0. The number of aryl methyl sites for hydroxylation is 1. The molecule has 106 valence electrons. The second-order valence-electron chi connectivity index (χ2n) is 4.74. The third-order valence-electron chi connectivity index (χ3n) is 3.14. The van der Waals surface area contributed by atoms with E-state index in [1.165, 1.54) is 5.56 Å². The molecule has 0 unspecified atom stereocenters. The van der Waals surface area contributed by atoms with Crippen LogP contribution in [-0.4, -0.2) is 22.8 Å². The highest BCUT2D eigenvalue weighted by molar-refractivity contribution is 6.01. The molecule has 0 atom stereocenters. The van der Waals surface area contributed by atoms with E-state index in [2.05, 4.69) is 0 Å². The lowest BCUT2D eigenvalue weighted by Gasteiger charge is -2.12. The number of benzene rings is 1. The Balaban J connectivity index is 1.65. The van der Waals surface area contributed by atoms with E-state index in [-0.39, 0.29) is 19.3 Å². The Hall–Kier alpha value is -2.17. The fourth-order valence-electron chi connectivity index (χ4n) is 2.05. The zero-order chi connectivity index (χ0) is 14.4. The van der Waals surface area contributed by atoms with Crippen LogP contribution in [0.5, 0.6) is 0 Å². The fourth-order valence-corrected chi connectivity index (χ4v) is 2.05. The van der Waals surface area contributed by atoms with E-state index in [1.807, 2.05) is 30.3 Å². The Bertz CT molecular complexity index is 482. The van der Waals surface area contributed by atoms with Gasteiger partial charge in [0.15, 0.2) is 0 Å². The smallest absolute Gasteiger partial charge is 0.330 e. The normalized spacial score (nSPS) is 14.7. The number of hydrogen-bond donors (Lipinski definition) is 0. The Morgan fingerprint density at radius 2 is 1.70 bits per heavy atom. The minimum atomic E-state index is -0.526. The summed E-state index contributed by atoms with van der Waals surface area (Å²) in [6, 6.07) is 10.0. The van der Waals surface area contributed by atoms with Gasteiger partial charge in [0.25, 0.3) is 11.8 Å². The summed E-state index contributed by atoms with van der Waals surface area (Å²) in [5.41, 5.74) is 1.23. The maximum atomic E-state index is 11.5. The molecular weight excluding hydrogens is 258 g/mol. The first-order valence-electron chi connectivity index (χ1n) is 6.77. The van der Waals surface area contributed by atoms with E-state index in [0.717, 1.165) is 12.8 Å². The van der Waals surface area contributed by atoms with Gasteiger partial charge < -0.3 is 4.84 Å². The molecule has 2 amide bonds. The minimum Gasteiger partial charge on any atom is -0.330 e. The van der Waals surface area contributed by atoms with Gasteiger partial charge in [0.05, 0.1) is 0 Å². The van der Waals surface area contributed by atoms with Crippen molar-refractivity contribution in [2.45, 2.75) is 38.5 Å². The molecule has 1 aromatic rings. The van der Waals surface area contributed by atoms with Crippen molar-refractivity contribution in [3.63, 3.8) is 0 Å². The number of imide groups is 1. The zero-order valence-electron chi connectivity index (χ0n) is 11.2. The van der Waals surface area contributed by atoms with Crippen LogP contribution in [0.15, 0.2) is 30.3 Å². The molecule has 5 nitrogen and oxygen atoms in total. The third kappa shape index (κ3) is 3.91. The topological polar surface area (TPSA) is 63.7 Å². The third-order valence-corrected chi connectivity index (χ3v) is 3.14. The molecule has 0 spiro atoms. The monoisotopic (exact) mass is 275 g/mol. The second kappa shape index (κ2) is 6.84. The number of amides is 2. The van der Waals surface area contributed by atoms with E-state index in [9.17, 15) is 14.4 Å². The van der Waals surface area contributed by atoms with Crippen LogP contribution >= 0.6 is 0 Å². The van der Waals surface area contributed by atoms with E-state index >= 15 is 0 Å². The summed E-state index contributed by atoms with van der Waals surface area (Å²) >= 11 is 0. The lowest BCUT2D eigenvalue weighted by molar-refractivity contribution is -0.197. The van der Waals surface area contributed by atoms with Gasteiger partial charge in [-0.2, -0.15) is 0 Å². The first kappa shape index (κ1) is 14.2. The Morgan fingerprint density at radius 3 is 2.35 bits per heavy atom. The average molecular weight is 275 g/mol. The molecule has 0 saturated carbocycles. The summed E-state index contributed by atoms with van der Waals surface area (Å²) in [5.74, 6) is -1.40. The van der Waals surface area contributed by atoms with Crippen molar-refractivity contribution in [1.82, 2.24) is 5.06 Å². The number of rotatable bonds is 6. The van der Waals surface area contributed by atoms with Crippen molar-refractivity contribution in [2.24, 2.45) is 0 Å². The molecular formula is C15H17NO4. The van der Waals surface area contributed by atoms with Crippen LogP contribution in [0, 0.1) is 0 Å². The van der Waals surface area contributed by atoms with Gasteiger partial charge >= 0.3 is 5.97 Å². The molecule has 2 rings (SSSR count). The number of unbranched alkanes of at least 4 members (excludes halogenated alkanes) is 1. The van der Waals surface area contributed by atoms with Crippen LogP contribution in [0.1, 0.15) is 37.7 Å². The quantitative estimate of drug-likeness (QED) is 0.588. The van der Waals surface area contributed by atoms with Crippen molar-refractivity contribution in [3.8, 4) is 0 Å². The molecule has 5 heteroatoms. The maximum Gasteiger partial charge on any atom is 0.333 e. The Kier molecular flexibility index (Phi) is 4.87. The molecule has 1 saturated heterocycles. The highest BCUT2D eigenvalue weighted by atomic mass is 16.7. The molecule has 0 aromatic heterocycles. The standard InChI is InChI=1S/C15H17NO4/c17-13-10-11-14(18)16(13)20-15(19)9-5-4-8-12-6-2-1-3-7-12/h1-3,6-7H,4-5,8-11H2. The van der Waals surface area contributed by atoms with Gasteiger partial charge in [0, 0.05) is 19.3 Å². The molecule has 1 fully saturated rings. The molecule has 0 radical (unpaired) electrons. The van der Waals surface area contributed by atoms with Crippen molar-refractivity contribution in [2.75, 3.05) is 0 Å². The lowest BCUT2D eigenvalue weighted by atomic mass is 10.1. The highest BCUT2D eigenvalue weighted by Gasteiger charge is 2.32. The average Bonchev–Trinajstić information content (AvgIpc) is 2.77. The molecule has 1 aliphatic heterocycles. The van der Waals surface area contributed by atoms with Gasteiger partial charge in [0.1, 0.15) is 0 Å². The Labute approximate surface area is 117 Å². The number of hydrogen-bond acceptors (Lipinski definition) is 4. The number of hydroxylamine groups is 2. The minimum absolute atomic E-state index is 0.125. The first-order chi connectivity index (χ1) is 9.66. The molecule has 0 aliphatic carbocycles. The van der Waals surface area contributed by atoms with E-state index in [1.54, 1.807) is 0 Å². The lowest BCUT2D eigenvalue weighted by Crippen LogP contribution is -2.31. The molecule has 1 heterocycles. The van der Waals surface area contributed by atoms with Crippen molar-refractivity contribution >= 4 is 17.8 Å². The molecule has 0 N–H and O–H groups in total. The highest BCUT2D eigenvalue weighted by Crippen LogP contribution is 2.13. The van der Waals surface area contributed by atoms with Gasteiger partial charge in [-0.05, 0) is 24.8 Å². The van der Waals surface area contributed by atoms with E-state index < -0.39 is 17.8 Å². The van der Waals surface area contributed by atoms with Crippen LogP contribution < -0.4 is 0 Å². The Morgan fingerprint density at radius 1 is 1.05 bits per heavy atom. The van der Waals surface area contributed by atoms with Crippen LogP contribution in [0.3, 0.4) is 0 Å². The SMILES string of the molecule is O=C(CCCCc1ccccc1)ON1C(=O)CCC1=O. The van der Waals surface area contributed by atoms with Gasteiger partial charge in [0.2, 0.25) is 0 Å². The molecule has 20 heavy (non-hydrogen) atoms. The largest absolute Gasteiger partial charge is 0.333 e. The van der Waals surface area contributed by atoms with Gasteiger partial charge in [-0.25, -0.2) is 4.79 Å². The summed E-state index contributed by atoms with van der Waals surface area (Å²) < 4.78 is 0. The van der Waals surface area contributed by atoms with Crippen LogP contribution in [0.25, 0.3) is 0 Å². The van der Waals surface area contributed by atoms with Crippen molar-refractivity contribution in [1.29, 1.82) is 0 Å². The van der Waals surface area contributed by atoms with Gasteiger partial charge in [-0.1, -0.05) is 30.3 Å². The second-order valence-corrected chi connectivity index (χ2v) is 4.74. The van der Waals surface area contributed by atoms with E-state index in [0.29, 0.717) is 11.5 Å². The number of carbonyl (C=O) groups excluding carboxylic acids is 3. The summed E-state index contributed by atoms with van der Waals surface area (Å²) in [6.45, 7) is 0. The van der Waals surface area contributed by atoms with Crippen LogP contribution in [-0.2, 0) is 25.6 Å². The van der Waals surface area contributed by atoms with Crippen molar-refractivity contribution < 1.29 is 19.2 Å². The zero-order valence-corrected chi connectivity index (χ0v) is 11.2. The van der Waals surface area contributed by atoms with Gasteiger partial charge in [-0.3, -0.25) is 9.59 Å². The summed E-state index contributed by atoms with van der Waals surface area (Å²) in [6.07, 6.45) is 2.89. The van der Waals surface area contributed by atoms with E-state index in [4.69, 9.17) is 4.84 Å². The predicted octanol–water partition coefficient (Wildman–Crippen LogP) is 2.01. The molecule has 1 aliphatic rings. The maximum absolute atomic E-state index is 11.5.